The number of pyridine rings is 1. The minimum atomic E-state index is 0.0854. The predicted molar refractivity (Wildman–Crippen MR) is 72.1 cm³/mol. The SMILES string of the molecule is CNCC(=O)N1C[C@@H]2C[C@@H](C1)c1cccc(=O)n1C2. The van der Waals surface area contributed by atoms with E-state index in [-0.39, 0.29) is 11.5 Å². The summed E-state index contributed by atoms with van der Waals surface area (Å²) in [5.74, 6) is 0.873. The molecule has 0 aromatic carbocycles. The first-order valence-corrected chi connectivity index (χ1v) is 6.81. The number of likely N-dealkylation sites (tertiary alicyclic amines) is 1. The summed E-state index contributed by atoms with van der Waals surface area (Å²) in [5.41, 5.74) is 1.17. The molecule has 2 aliphatic heterocycles. The second kappa shape index (κ2) is 4.81. The molecule has 19 heavy (non-hydrogen) atoms. The number of carbonyl (C=O) groups is 1. The average Bonchev–Trinajstić information content (AvgIpc) is 2.40. The predicted octanol–water partition coefficient (Wildman–Crippen LogP) is 0.0134. The molecule has 0 spiro atoms. The number of hydrogen-bond donors (Lipinski definition) is 1. The Bertz CT molecular complexity index is 552. The van der Waals surface area contributed by atoms with Crippen LogP contribution >= 0.6 is 0 Å². The summed E-state index contributed by atoms with van der Waals surface area (Å²) in [6, 6.07) is 5.46. The number of carbonyl (C=O) groups excluding carboxylic acids is 1. The maximum Gasteiger partial charge on any atom is 0.250 e. The van der Waals surface area contributed by atoms with E-state index in [2.05, 4.69) is 5.32 Å². The molecule has 3 heterocycles. The van der Waals surface area contributed by atoms with E-state index in [1.165, 1.54) is 0 Å². The minimum Gasteiger partial charge on any atom is -0.341 e. The highest BCUT2D eigenvalue weighted by Gasteiger charge is 2.35. The van der Waals surface area contributed by atoms with Crippen LogP contribution in [-0.4, -0.2) is 42.1 Å². The Morgan fingerprint density at radius 2 is 2.21 bits per heavy atom. The molecule has 2 bridgehead atoms. The van der Waals surface area contributed by atoms with Gasteiger partial charge in [-0.15, -0.1) is 0 Å². The molecule has 5 nitrogen and oxygen atoms in total. The first kappa shape index (κ1) is 12.4. The number of nitrogens with one attached hydrogen (secondary N) is 1. The van der Waals surface area contributed by atoms with Crippen LogP contribution in [0.15, 0.2) is 23.0 Å². The molecule has 1 aromatic heterocycles. The Morgan fingerprint density at radius 3 is 3.00 bits per heavy atom. The summed E-state index contributed by atoms with van der Waals surface area (Å²) >= 11 is 0. The second-order valence-corrected chi connectivity index (χ2v) is 5.53. The first-order chi connectivity index (χ1) is 9.19. The van der Waals surface area contributed by atoms with Crippen LogP contribution in [0.1, 0.15) is 18.0 Å². The first-order valence-electron chi connectivity index (χ1n) is 6.81. The van der Waals surface area contributed by atoms with Crippen LogP contribution in [0.3, 0.4) is 0 Å². The average molecular weight is 261 g/mol. The van der Waals surface area contributed by atoms with Crippen molar-refractivity contribution in [3.63, 3.8) is 0 Å². The molecule has 2 atom stereocenters. The molecule has 5 heteroatoms. The standard InChI is InChI=1S/C14H19N3O2/c1-15-6-14(19)16-7-10-5-11(9-16)12-3-2-4-13(18)17(12)8-10/h2-4,10-11,15H,5-9H2,1H3/t10-,11-/m0/s1. The third-order valence-electron chi connectivity index (χ3n) is 4.16. The van der Waals surface area contributed by atoms with Crippen molar-refractivity contribution >= 4 is 5.91 Å². The highest BCUT2D eigenvalue weighted by atomic mass is 16.2. The zero-order chi connectivity index (χ0) is 13.4. The van der Waals surface area contributed by atoms with Gasteiger partial charge in [-0.1, -0.05) is 6.07 Å². The van der Waals surface area contributed by atoms with Crippen molar-refractivity contribution in [2.75, 3.05) is 26.7 Å². The van der Waals surface area contributed by atoms with E-state index in [1.807, 2.05) is 21.6 Å². The number of fused-ring (bicyclic) bond motifs is 4. The molecule has 0 saturated carbocycles. The van der Waals surface area contributed by atoms with Gasteiger partial charge in [0.1, 0.15) is 0 Å². The van der Waals surface area contributed by atoms with Gasteiger partial charge in [-0.2, -0.15) is 0 Å². The van der Waals surface area contributed by atoms with Gasteiger partial charge in [-0.3, -0.25) is 9.59 Å². The number of aromatic nitrogens is 1. The van der Waals surface area contributed by atoms with Gasteiger partial charge in [-0.05, 0) is 25.5 Å². The molecule has 1 aromatic rings. The maximum atomic E-state index is 12.0. The summed E-state index contributed by atoms with van der Waals surface area (Å²) in [5, 5.41) is 2.91. The van der Waals surface area contributed by atoms with E-state index >= 15 is 0 Å². The molecule has 1 fully saturated rings. The Balaban J connectivity index is 1.88. The highest BCUT2D eigenvalue weighted by molar-refractivity contribution is 5.78. The lowest BCUT2D eigenvalue weighted by atomic mass is 9.83. The largest absolute Gasteiger partial charge is 0.341 e. The van der Waals surface area contributed by atoms with Gasteiger partial charge in [0.05, 0.1) is 6.54 Å². The van der Waals surface area contributed by atoms with E-state index in [1.54, 1.807) is 13.1 Å². The molecule has 0 aliphatic carbocycles. The molecule has 1 amide bonds. The van der Waals surface area contributed by atoms with E-state index in [0.29, 0.717) is 18.4 Å². The van der Waals surface area contributed by atoms with Gasteiger partial charge in [0.15, 0.2) is 0 Å². The van der Waals surface area contributed by atoms with Crippen LogP contribution in [0.2, 0.25) is 0 Å². The molecule has 1 N–H and O–H groups in total. The number of hydrogen-bond acceptors (Lipinski definition) is 3. The fourth-order valence-corrected chi connectivity index (χ4v) is 3.36. The van der Waals surface area contributed by atoms with Crippen LogP contribution in [0, 0.1) is 5.92 Å². The summed E-state index contributed by atoms with van der Waals surface area (Å²) < 4.78 is 1.89. The molecular weight excluding hydrogens is 242 g/mol. The van der Waals surface area contributed by atoms with E-state index in [9.17, 15) is 9.59 Å². The Morgan fingerprint density at radius 1 is 1.37 bits per heavy atom. The highest BCUT2D eigenvalue weighted by Crippen LogP contribution is 2.34. The maximum absolute atomic E-state index is 12.0. The van der Waals surface area contributed by atoms with Crippen LogP contribution in [-0.2, 0) is 11.3 Å². The Kier molecular flexibility index (Phi) is 3.14. The van der Waals surface area contributed by atoms with Crippen molar-refractivity contribution in [1.82, 2.24) is 14.8 Å². The van der Waals surface area contributed by atoms with Gasteiger partial charge in [-0.25, -0.2) is 0 Å². The summed E-state index contributed by atoms with van der Waals surface area (Å²) in [4.78, 5) is 25.8. The van der Waals surface area contributed by atoms with Crippen LogP contribution in [0.4, 0.5) is 0 Å². The fourth-order valence-electron chi connectivity index (χ4n) is 3.36. The number of piperidine rings is 1. The normalized spacial score (nSPS) is 25.0. The number of amides is 1. The van der Waals surface area contributed by atoms with Crippen LogP contribution in [0.25, 0.3) is 0 Å². The van der Waals surface area contributed by atoms with Gasteiger partial charge in [0.25, 0.3) is 5.56 Å². The zero-order valence-corrected chi connectivity index (χ0v) is 11.1. The smallest absolute Gasteiger partial charge is 0.250 e. The summed E-state index contributed by atoms with van der Waals surface area (Å²) in [7, 11) is 1.79. The quantitative estimate of drug-likeness (QED) is 0.816. The monoisotopic (exact) mass is 261 g/mol. The number of rotatable bonds is 2. The van der Waals surface area contributed by atoms with Crippen molar-refractivity contribution in [2.24, 2.45) is 5.92 Å². The van der Waals surface area contributed by atoms with Crippen LogP contribution < -0.4 is 10.9 Å². The van der Waals surface area contributed by atoms with Gasteiger partial charge < -0.3 is 14.8 Å². The topological polar surface area (TPSA) is 54.3 Å². The molecule has 3 rings (SSSR count). The van der Waals surface area contributed by atoms with Gasteiger partial charge >= 0.3 is 0 Å². The molecular formula is C14H19N3O2. The van der Waals surface area contributed by atoms with E-state index in [4.69, 9.17) is 0 Å². The molecule has 102 valence electrons. The third-order valence-corrected chi connectivity index (χ3v) is 4.16. The Labute approximate surface area is 112 Å². The van der Waals surface area contributed by atoms with Crippen molar-refractivity contribution in [1.29, 1.82) is 0 Å². The van der Waals surface area contributed by atoms with Gasteiger partial charge in [0, 0.05) is 37.3 Å². The lowest BCUT2D eigenvalue weighted by molar-refractivity contribution is -0.132. The summed E-state index contributed by atoms with van der Waals surface area (Å²) in [6.07, 6.45) is 1.09. The van der Waals surface area contributed by atoms with Crippen LogP contribution in [0.5, 0.6) is 0 Å². The van der Waals surface area contributed by atoms with Crippen molar-refractivity contribution < 1.29 is 4.79 Å². The lowest BCUT2D eigenvalue weighted by Crippen LogP contribution is -2.50. The number of nitrogens with zero attached hydrogens (tertiary/aromatic N) is 2. The second-order valence-electron chi connectivity index (χ2n) is 5.53. The van der Waals surface area contributed by atoms with Crippen molar-refractivity contribution in [3.05, 3.63) is 34.2 Å². The molecule has 2 aliphatic rings. The van der Waals surface area contributed by atoms with E-state index in [0.717, 1.165) is 31.7 Å². The fraction of sp³-hybridized carbons (Fsp3) is 0.571. The third kappa shape index (κ3) is 2.18. The zero-order valence-electron chi connectivity index (χ0n) is 11.1. The molecule has 1 saturated heterocycles. The Hall–Kier alpha value is -1.62. The lowest BCUT2D eigenvalue weighted by Gasteiger charge is -2.42. The molecule has 0 unspecified atom stereocenters. The molecule has 0 radical (unpaired) electrons. The van der Waals surface area contributed by atoms with Crippen molar-refractivity contribution in [3.8, 4) is 0 Å². The number of likely N-dealkylation sites (N-methyl/N-ethyl adjacent to an activating group) is 1. The minimum absolute atomic E-state index is 0.0854. The van der Waals surface area contributed by atoms with Crippen molar-refractivity contribution in [2.45, 2.75) is 18.9 Å². The van der Waals surface area contributed by atoms with Gasteiger partial charge in [0.2, 0.25) is 5.91 Å². The van der Waals surface area contributed by atoms with E-state index < -0.39 is 0 Å². The summed E-state index contributed by atoms with van der Waals surface area (Å²) in [6.45, 7) is 2.65.